The van der Waals surface area contributed by atoms with Crippen molar-refractivity contribution in [2.75, 3.05) is 26.4 Å². The highest BCUT2D eigenvalue weighted by atomic mass is 32.2. The molecule has 2 aromatic heterocycles. The molecule has 0 amide bonds. The predicted octanol–water partition coefficient (Wildman–Crippen LogP) is 4.70. The highest BCUT2D eigenvalue weighted by molar-refractivity contribution is 7.90. The number of nitrogens with zero attached hydrogens (tertiary/aromatic N) is 4. The number of benzene rings is 2. The minimum atomic E-state index is -3.92. The average Bonchev–Trinajstić information content (AvgIpc) is 3.60. The van der Waals surface area contributed by atoms with Crippen LogP contribution in [0.5, 0.6) is 5.75 Å². The molecule has 0 N–H and O–H groups in total. The number of aliphatic imine (C=N–C) groups is 1. The number of pyridine rings is 1. The predicted molar refractivity (Wildman–Crippen MR) is 145 cm³/mol. The van der Waals surface area contributed by atoms with Crippen molar-refractivity contribution in [3.05, 3.63) is 84.2 Å². The van der Waals surface area contributed by atoms with Gasteiger partial charge in [0.05, 0.1) is 36.8 Å². The summed E-state index contributed by atoms with van der Waals surface area (Å²) in [6.07, 6.45) is 7.01. The molecule has 0 spiro atoms. The summed E-state index contributed by atoms with van der Waals surface area (Å²) in [5.41, 5.74) is 3.71. The minimum Gasteiger partial charge on any atom is -0.491 e. The molecule has 0 radical (unpaired) electrons. The van der Waals surface area contributed by atoms with E-state index < -0.39 is 10.0 Å². The fourth-order valence-corrected chi connectivity index (χ4v) is 5.95. The Kier molecular flexibility index (Phi) is 5.86. The van der Waals surface area contributed by atoms with Gasteiger partial charge in [0, 0.05) is 40.5 Å². The third-order valence-electron chi connectivity index (χ3n) is 6.78. The van der Waals surface area contributed by atoms with Crippen LogP contribution >= 0.6 is 0 Å². The maximum absolute atomic E-state index is 13.6. The second kappa shape index (κ2) is 9.24. The molecular weight excluding hydrogens is 500 g/mol. The second-order valence-corrected chi connectivity index (χ2v) is 11.6. The molecule has 38 heavy (non-hydrogen) atoms. The summed E-state index contributed by atoms with van der Waals surface area (Å²) in [7, 11) is -3.92. The zero-order valence-corrected chi connectivity index (χ0v) is 21.5. The van der Waals surface area contributed by atoms with Crippen LogP contribution in [0.3, 0.4) is 0 Å². The summed E-state index contributed by atoms with van der Waals surface area (Å²) in [6.45, 7) is 4.37. The summed E-state index contributed by atoms with van der Waals surface area (Å²) in [6, 6.07) is 17.7. The Hall–Kier alpha value is -4.26. The van der Waals surface area contributed by atoms with Gasteiger partial charge in [-0.15, -0.1) is 0 Å². The lowest BCUT2D eigenvalue weighted by Gasteiger charge is -2.37. The average molecular weight is 525 g/mol. The van der Waals surface area contributed by atoms with Crippen molar-refractivity contribution in [2.24, 2.45) is 10.4 Å². The molecule has 1 fully saturated rings. The van der Waals surface area contributed by atoms with Crippen molar-refractivity contribution in [3.63, 3.8) is 0 Å². The molecule has 2 aromatic carbocycles. The highest BCUT2D eigenvalue weighted by Gasteiger charge is 2.34. The van der Waals surface area contributed by atoms with E-state index in [1.165, 1.54) is 3.97 Å². The number of hydrogen-bond donors (Lipinski definition) is 0. The molecule has 4 heterocycles. The lowest BCUT2D eigenvalue weighted by molar-refractivity contribution is -0.120. The first-order chi connectivity index (χ1) is 18.4. The zero-order valence-electron chi connectivity index (χ0n) is 20.7. The Morgan fingerprint density at radius 2 is 1.95 bits per heavy atom. The molecule has 2 aliphatic rings. The van der Waals surface area contributed by atoms with Crippen LogP contribution in [0, 0.1) is 16.7 Å². The number of hydrogen-bond acceptors (Lipinski definition) is 7. The Bertz CT molecular complexity index is 1760. The highest BCUT2D eigenvalue weighted by Crippen LogP contribution is 2.36. The Morgan fingerprint density at radius 3 is 2.63 bits per heavy atom. The van der Waals surface area contributed by atoms with Crippen molar-refractivity contribution >= 4 is 32.8 Å². The fraction of sp³-hybridized carbons (Fsp3) is 0.207. The SMILES string of the molecule is CC1(COc2ccc(-c3cn(S(=O)(=O)c4ccccc4)c4ncc(C5=CCN=C5)cc34)cc2C#N)COC1. The number of rotatable bonds is 7. The van der Waals surface area contributed by atoms with E-state index in [9.17, 15) is 13.7 Å². The molecule has 0 bridgehead atoms. The van der Waals surface area contributed by atoms with E-state index in [0.717, 1.165) is 11.1 Å². The van der Waals surface area contributed by atoms with E-state index in [1.807, 2.05) is 18.2 Å². The van der Waals surface area contributed by atoms with Gasteiger partial charge in [-0.25, -0.2) is 17.4 Å². The van der Waals surface area contributed by atoms with Crippen LogP contribution in [0.25, 0.3) is 27.7 Å². The Balaban J connectivity index is 1.48. The van der Waals surface area contributed by atoms with Crippen LogP contribution in [-0.2, 0) is 14.8 Å². The van der Waals surface area contributed by atoms with Crippen molar-refractivity contribution < 1.29 is 17.9 Å². The standard InChI is InChI=1S/C29H24N4O4S/c1-29(17-36-18-29)19-37-27-8-7-20(11-22(27)13-30)26-16-33(38(34,35)24-5-3-2-4-6-24)28-25(26)12-23(15-32-28)21-9-10-31-14-21/h2-9,11-12,14-16H,10,17-19H2,1H3. The van der Waals surface area contributed by atoms with Gasteiger partial charge >= 0.3 is 0 Å². The smallest absolute Gasteiger partial charge is 0.269 e. The Morgan fingerprint density at radius 1 is 1.13 bits per heavy atom. The van der Waals surface area contributed by atoms with Crippen LogP contribution in [0.4, 0.5) is 0 Å². The summed E-state index contributed by atoms with van der Waals surface area (Å²) >= 11 is 0. The van der Waals surface area contributed by atoms with Gasteiger partial charge in [0.25, 0.3) is 10.0 Å². The van der Waals surface area contributed by atoms with Gasteiger partial charge in [-0.05, 0) is 41.5 Å². The minimum absolute atomic E-state index is 0.0646. The van der Waals surface area contributed by atoms with Gasteiger partial charge in [0.15, 0.2) is 5.65 Å². The van der Waals surface area contributed by atoms with Crippen LogP contribution in [0.2, 0.25) is 0 Å². The molecule has 6 rings (SSSR count). The molecule has 9 heteroatoms. The molecule has 8 nitrogen and oxygen atoms in total. The van der Waals surface area contributed by atoms with E-state index in [1.54, 1.807) is 61.1 Å². The van der Waals surface area contributed by atoms with Gasteiger partial charge in [0.2, 0.25) is 0 Å². The van der Waals surface area contributed by atoms with Crippen molar-refractivity contribution in [2.45, 2.75) is 11.8 Å². The van der Waals surface area contributed by atoms with Crippen LogP contribution in [-0.4, -0.2) is 50.0 Å². The van der Waals surface area contributed by atoms with E-state index in [0.29, 0.717) is 59.8 Å². The topological polar surface area (TPSA) is 107 Å². The van der Waals surface area contributed by atoms with Gasteiger partial charge in [-0.3, -0.25) is 4.99 Å². The zero-order chi connectivity index (χ0) is 26.3. The lowest BCUT2D eigenvalue weighted by Crippen LogP contribution is -2.44. The first-order valence-electron chi connectivity index (χ1n) is 12.2. The summed E-state index contributed by atoms with van der Waals surface area (Å²) in [5.74, 6) is 0.483. The Labute approximate surface area is 220 Å². The third-order valence-corrected chi connectivity index (χ3v) is 8.44. The van der Waals surface area contributed by atoms with Crippen molar-refractivity contribution in [3.8, 4) is 22.9 Å². The molecule has 190 valence electrons. The van der Waals surface area contributed by atoms with Crippen LogP contribution in [0.15, 0.2) is 83.0 Å². The van der Waals surface area contributed by atoms with E-state index >= 15 is 0 Å². The molecule has 4 aromatic rings. The number of nitriles is 1. The summed E-state index contributed by atoms with van der Waals surface area (Å²) in [5, 5.41) is 10.5. The van der Waals surface area contributed by atoms with Crippen molar-refractivity contribution in [1.29, 1.82) is 5.26 Å². The molecule has 0 saturated carbocycles. The second-order valence-electron chi connectivity index (χ2n) is 9.82. The van der Waals surface area contributed by atoms with Crippen LogP contribution < -0.4 is 4.74 Å². The van der Waals surface area contributed by atoms with E-state index in [-0.39, 0.29) is 10.3 Å². The maximum atomic E-state index is 13.6. The van der Waals surface area contributed by atoms with E-state index in [2.05, 4.69) is 23.0 Å². The number of allylic oxidation sites excluding steroid dienone is 1. The molecule has 0 unspecified atom stereocenters. The van der Waals surface area contributed by atoms with Gasteiger partial charge in [-0.2, -0.15) is 5.26 Å². The third kappa shape index (κ3) is 4.18. The molecular formula is C29H24N4O4S. The molecule has 0 aliphatic carbocycles. The van der Waals surface area contributed by atoms with Crippen LogP contribution in [0.1, 0.15) is 18.1 Å². The quantitative estimate of drug-likeness (QED) is 0.347. The number of ether oxygens (including phenoxy) is 2. The summed E-state index contributed by atoms with van der Waals surface area (Å²) in [4.78, 5) is 9.00. The van der Waals surface area contributed by atoms with Gasteiger partial charge in [-0.1, -0.05) is 37.3 Å². The molecule has 2 aliphatic heterocycles. The van der Waals surface area contributed by atoms with Gasteiger partial charge in [0.1, 0.15) is 11.8 Å². The molecule has 1 saturated heterocycles. The maximum Gasteiger partial charge on any atom is 0.269 e. The normalized spacial score (nSPS) is 16.2. The lowest BCUT2D eigenvalue weighted by atomic mass is 9.90. The van der Waals surface area contributed by atoms with E-state index in [4.69, 9.17) is 9.47 Å². The van der Waals surface area contributed by atoms with Crippen molar-refractivity contribution in [1.82, 2.24) is 8.96 Å². The number of fused-ring (bicyclic) bond motifs is 1. The first kappa shape index (κ1) is 24.1. The fourth-order valence-electron chi connectivity index (χ4n) is 4.60. The molecule has 0 atom stereocenters. The first-order valence-corrected chi connectivity index (χ1v) is 13.6. The van der Waals surface area contributed by atoms with Gasteiger partial charge < -0.3 is 9.47 Å². The number of aromatic nitrogens is 2. The summed E-state index contributed by atoms with van der Waals surface area (Å²) < 4.78 is 39.7. The largest absolute Gasteiger partial charge is 0.491 e. The monoisotopic (exact) mass is 524 g/mol.